The van der Waals surface area contributed by atoms with E-state index in [1.807, 2.05) is 12.1 Å². The minimum absolute atomic E-state index is 0.152. The van der Waals surface area contributed by atoms with Crippen LogP contribution in [0, 0.1) is 5.92 Å². The number of ether oxygens (including phenoxy) is 4. The van der Waals surface area contributed by atoms with E-state index in [1.165, 1.54) is 0 Å². The number of aliphatic hydroxyl groups excluding tert-OH is 1. The van der Waals surface area contributed by atoms with Crippen LogP contribution in [0.2, 0.25) is 0 Å². The van der Waals surface area contributed by atoms with Gasteiger partial charge < -0.3 is 29.0 Å². The summed E-state index contributed by atoms with van der Waals surface area (Å²) >= 11 is 0. The molecule has 1 N–H and O–H groups in total. The van der Waals surface area contributed by atoms with Crippen LogP contribution in [-0.4, -0.2) is 68.7 Å². The average Bonchev–Trinajstić information content (AvgIpc) is 2.82. The van der Waals surface area contributed by atoms with Crippen molar-refractivity contribution in [3.8, 4) is 23.0 Å². The van der Waals surface area contributed by atoms with E-state index in [0.29, 0.717) is 42.6 Å². The van der Waals surface area contributed by atoms with Gasteiger partial charge in [0.05, 0.1) is 26.2 Å². The van der Waals surface area contributed by atoms with Crippen molar-refractivity contribution in [1.29, 1.82) is 0 Å². The molecule has 0 aliphatic carbocycles. The molecule has 176 valence electrons. The van der Waals surface area contributed by atoms with E-state index in [4.69, 9.17) is 18.9 Å². The van der Waals surface area contributed by atoms with E-state index in [-0.39, 0.29) is 24.9 Å². The minimum Gasteiger partial charge on any atom is -0.497 e. The zero-order chi connectivity index (χ0) is 23.0. The molecule has 33 heavy (non-hydrogen) atoms. The number of rotatable bonds is 10. The van der Waals surface area contributed by atoms with Gasteiger partial charge in [-0.1, -0.05) is 6.07 Å². The smallest absolute Gasteiger partial charge is 0.248 e. The zero-order valence-electron chi connectivity index (χ0n) is 18.8. The fraction of sp³-hybridized carbons (Fsp3) is 0.440. The molecule has 0 radical (unpaired) electrons. The van der Waals surface area contributed by atoms with Gasteiger partial charge in [-0.25, -0.2) is 4.99 Å². The number of hydrogen-bond acceptors (Lipinski definition) is 7. The van der Waals surface area contributed by atoms with Crippen molar-refractivity contribution in [2.75, 3.05) is 46.6 Å². The summed E-state index contributed by atoms with van der Waals surface area (Å²) in [6.07, 6.45) is 2.06. The summed E-state index contributed by atoms with van der Waals surface area (Å²) in [4.78, 5) is 18.7. The molecule has 4 rings (SSSR count). The normalized spacial score (nSPS) is 17.3. The van der Waals surface area contributed by atoms with E-state index >= 15 is 0 Å². The highest BCUT2D eigenvalue weighted by Gasteiger charge is 2.26. The summed E-state index contributed by atoms with van der Waals surface area (Å²) in [5.74, 6) is 2.11. The van der Waals surface area contributed by atoms with Gasteiger partial charge in [0.1, 0.15) is 24.7 Å². The number of hydrogen-bond donors (Lipinski definition) is 1. The van der Waals surface area contributed by atoms with E-state index in [9.17, 15) is 9.90 Å². The lowest BCUT2D eigenvalue weighted by molar-refractivity contribution is -0.118. The van der Waals surface area contributed by atoms with Crippen LogP contribution in [0.1, 0.15) is 24.5 Å². The molecule has 0 spiro atoms. The van der Waals surface area contributed by atoms with Crippen LogP contribution >= 0.6 is 0 Å². The Morgan fingerprint density at radius 1 is 1.12 bits per heavy atom. The number of nitrogens with zero attached hydrogens (tertiary/aromatic N) is 2. The number of methoxy groups -OCH3 is 1. The number of aliphatic hydroxyl groups is 1. The quantitative estimate of drug-likeness (QED) is 0.552. The number of fused-ring (bicyclic) bond motifs is 1. The molecular weight excluding hydrogens is 424 g/mol. The molecule has 0 saturated carbocycles. The van der Waals surface area contributed by atoms with Crippen molar-refractivity contribution in [2.45, 2.75) is 18.9 Å². The van der Waals surface area contributed by atoms with Crippen LogP contribution in [0.3, 0.4) is 0 Å². The predicted molar refractivity (Wildman–Crippen MR) is 124 cm³/mol. The summed E-state index contributed by atoms with van der Waals surface area (Å²) in [5, 5.41) is 11.1. The number of carbonyl (C=O) groups is 1. The third kappa shape index (κ3) is 6.24. The number of carbonyl (C=O) groups excluding carboxylic acids is 1. The lowest BCUT2D eigenvalue weighted by Crippen LogP contribution is -2.42. The monoisotopic (exact) mass is 454 g/mol. The molecule has 2 heterocycles. The van der Waals surface area contributed by atoms with E-state index in [2.05, 4.69) is 9.89 Å². The molecule has 1 fully saturated rings. The fourth-order valence-corrected chi connectivity index (χ4v) is 3.75. The first-order chi connectivity index (χ1) is 16.1. The van der Waals surface area contributed by atoms with Crippen LogP contribution in [0.25, 0.3) is 0 Å². The lowest BCUT2D eigenvalue weighted by Gasteiger charge is -2.34. The van der Waals surface area contributed by atoms with Crippen LogP contribution in [0.15, 0.2) is 47.5 Å². The first-order valence-corrected chi connectivity index (χ1v) is 11.3. The Morgan fingerprint density at radius 3 is 2.55 bits per heavy atom. The van der Waals surface area contributed by atoms with Crippen LogP contribution in [0.4, 0.5) is 0 Å². The number of aliphatic imine (C=N–C) groups is 1. The molecule has 1 unspecified atom stereocenters. The molecule has 2 aromatic carbocycles. The Bertz CT molecular complexity index is 958. The van der Waals surface area contributed by atoms with Crippen LogP contribution in [-0.2, 0) is 4.79 Å². The van der Waals surface area contributed by atoms with Gasteiger partial charge >= 0.3 is 0 Å². The molecular formula is C25H30N2O6. The Kier molecular flexibility index (Phi) is 7.80. The molecule has 2 atom stereocenters. The van der Waals surface area contributed by atoms with Crippen molar-refractivity contribution in [1.82, 2.24) is 4.90 Å². The molecule has 8 heteroatoms. The summed E-state index contributed by atoms with van der Waals surface area (Å²) in [7, 11) is 1.60. The van der Waals surface area contributed by atoms with Gasteiger partial charge in [-0.3, -0.25) is 4.79 Å². The zero-order valence-corrected chi connectivity index (χ0v) is 18.8. The summed E-state index contributed by atoms with van der Waals surface area (Å²) in [5.41, 5.74) is 0.714. The fourth-order valence-electron chi connectivity index (χ4n) is 3.75. The Morgan fingerprint density at radius 2 is 1.85 bits per heavy atom. The topological polar surface area (TPSA) is 89.8 Å². The molecule has 0 bridgehead atoms. The number of likely N-dealkylation sites (tertiary alicyclic amines) is 1. The standard InChI is InChI=1S/C25H30N2O6/c1-30-20-4-6-21(7-5-20)31-12-9-24(28)26-16-19(17-27-10-2-11-27)25(29)18-3-8-22-23(15-18)33-14-13-32-22/h3-8,15-16,19,25,29H,2,9-14,17H2,1H3/t19?,25-/m0/s1. The van der Waals surface area contributed by atoms with Crippen molar-refractivity contribution >= 4 is 12.1 Å². The molecule has 1 saturated heterocycles. The molecule has 1 amide bonds. The van der Waals surface area contributed by atoms with Crippen molar-refractivity contribution < 1.29 is 28.8 Å². The van der Waals surface area contributed by atoms with Gasteiger partial charge in [-0.15, -0.1) is 0 Å². The van der Waals surface area contributed by atoms with Crippen molar-refractivity contribution in [3.05, 3.63) is 48.0 Å². The summed E-state index contributed by atoms with van der Waals surface area (Å²) in [6.45, 7) is 3.84. The van der Waals surface area contributed by atoms with E-state index in [1.54, 1.807) is 43.7 Å². The summed E-state index contributed by atoms with van der Waals surface area (Å²) in [6, 6.07) is 12.6. The second-order valence-electron chi connectivity index (χ2n) is 8.11. The second-order valence-corrected chi connectivity index (χ2v) is 8.11. The maximum Gasteiger partial charge on any atom is 0.248 e. The highest BCUT2D eigenvalue weighted by Crippen LogP contribution is 2.34. The maximum atomic E-state index is 12.3. The van der Waals surface area contributed by atoms with Crippen molar-refractivity contribution in [2.24, 2.45) is 10.9 Å². The highest BCUT2D eigenvalue weighted by atomic mass is 16.6. The first-order valence-electron chi connectivity index (χ1n) is 11.3. The molecule has 2 aliphatic rings. The highest BCUT2D eigenvalue weighted by molar-refractivity contribution is 5.86. The van der Waals surface area contributed by atoms with Gasteiger partial charge in [0.2, 0.25) is 5.91 Å². The average molecular weight is 455 g/mol. The Balaban J connectivity index is 1.35. The number of amides is 1. The van der Waals surface area contributed by atoms with E-state index in [0.717, 1.165) is 25.3 Å². The maximum absolute atomic E-state index is 12.3. The molecule has 2 aromatic rings. The van der Waals surface area contributed by atoms with Gasteiger partial charge in [0, 0.05) is 18.7 Å². The SMILES string of the molecule is COc1ccc(OCCC(=O)N=CC(CN2CCC2)[C@@H](O)c2ccc3c(c2)OCCO3)cc1. The summed E-state index contributed by atoms with van der Waals surface area (Å²) < 4.78 is 21.9. The second kappa shape index (κ2) is 11.2. The van der Waals surface area contributed by atoms with Gasteiger partial charge in [-0.05, 0) is 61.5 Å². The van der Waals surface area contributed by atoms with Crippen LogP contribution in [0.5, 0.6) is 23.0 Å². The first kappa shape index (κ1) is 23.1. The lowest BCUT2D eigenvalue weighted by atomic mass is 9.94. The number of benzene rings is 2. The molecule has 8 nitrogen and oxygen atoms in total. The predicted octanol–water partition coefficient (Wildman–Crippen LogP) is 2.89. The van der Waals surface area contributed by atoms with E-state index < -0.39 is 6.10 Å². The molecule has 0 aromatic heterocycles. The Hall–Kier alpha value is -3.10. The van der Waals surface area contributed by atoms with Crippen molar-refractivity contribution in [3.63, 3.8) is 0 Å². The minimum atomic E-state index is -0.812. The third-order valence-corrected chi connectivity index (χ3v) is 5.79. The van der Waals surface area contributed by atoms with Gasteiger partial charge in [0.15, 0.2) is 11.5 Å². The Labute approximate surface area is 193 Å². The molecule has 2 aliphatic heterocycles. The third-order valence-electron chi connectivity index (χ3n) is 5.79. The van der Waals surface area contributed by atoms with Gasteiger partial charge in [0.25, 0.3) is 0 Å². The van der Waals surface area contributed by atoms with Gasteiger partial charge in [-0.2, -0.15) is 0 Å². The van der Waals surface area contributed by atoms with Crippen LogP contribution < -0.4 is 18.9 Å². The largest absolute Gasteiger partial charge is 0.497 e.